The van der Waals surface area contributed by atoms with E-state index in [4.69, 9.17) is 34.8 Å². The summed E-state index contributed by atoms with van der Waals surface area (Å²) in [4.78, 5) is 12.6. The van der Waals surface area contributed by atoms with Crippen LogP contribution in [-0.2, 0) is 0 Å². The zero-order valence-electron chi connectivity index (χ0n) is 13.3. The topological polar surface area (TPSA) is 41.1 Å². The fraction of sp³-hybridized carbons (Fsp3) is 0.105. The molecule has 3 nitrogen and oxygen atoms in total. The highest BCUT2D eigenvalue weighted by molar-refractivity contribution is 14.1. The van der Waals surface area contributed by atoms with Crippen LogP contribution in [0.5, 0.6) is 0 Å². The summed E-state index contributed by atoms with van der Waals surface area (Å²) < 4.78 is -0.795. The average molecular weight is 520 g/mol. The summed E-state index contributed by atoms with van der Waals surface area (Å²) in [5.74, 6) is -0.326. The van der Waals surface area contributed by atoms with E-state index in [1.165, 1.54) is 0 Å². The van der Waals surface area contributed by atoms with Crippen molar-refractivity contribution in [3.8, 4) is 0 Å². The minimum absolute atomic E-state index is 0.326. The number of halogens is 4. The van der Waals surface area contributed by atoms with Crippen LogP contribution >= 0.6 is 57.4 Å². The number of hydrogen-bond donors (Lipinski definition) is 2. The smallest absolute Gasteiger partial charge is 0.253 e. The summed E-state index contributed by atoms with van der Waals surface area (Å²) in [6, 6.07) is 20.8. The molecule has 7 heteroatoms. The van der Waals surface area contributed by atoms with Crippen LogP contribution < -0.4 is 10.6 Å². The largest absolute Gasteiger partial charge is 0.361 e. The summed E-state index contributed by atoms with van der Waals surface area (Å²) in [5, 5.41) is 7.93. The molecule has 26 heavy (non-hydrogen) atoms. The number of benzene rings is 3. The predicted molar refractivity (Wildman–Crippen MR) is 118 cm³/mol. The Balaban J connectivity index is 1.88. The highest BCUT2D eigenvalue weighted by Crippen LogP contribution is 2.33. The third-order valence-corrected chi connectivity index (χ3v) is 5.10. The summed E-state index contributed by atoms with van der Waals surface area (Å²) >= 11 is 20.5. The van der Waals surface area contributed by atoms with E-state index in [0.29, 0.717) is 5.56 Å². The molecule has 0 aliphatic rings. The standard InChI is InChI=1S/C19H14Cl3IN2O/c20-19(21,22)18(25-17(26)13-7-3-8-14(23)11-13)24-16-10-4-6-12-5-1-2-9-15(12)16/h1-11,18,24H,(H,25,26)/t18-/m1/s1. The second-order valence-electron chi connectivity index (χ2n) is 5.63. The van der Waals surface area contributed by atoms with Crippen LogP contribution in [0.4, 0.5) is 5.69 Å². The Kier molecular flexibility index (Phi) is 6.17. The molecule has 0 aliphatic carbocycles. The lowest BCUT2D eigenvalue weighted by molar-refractivity contribution is 0.0942. The summed E-state index contributed by atoms with van der Waals surface area (Å²) in [6.45, 7) is 0. The molecular weight excluding hydrogens is 505 g/mol. The van der Waals surface area contributed by atoms with Gasteiger partial charge in [0.25, 0.3) is 5.91 Å². The lowest BCUT2D eigenvalue weighted by atomic mass is 10.1. The Morgan fingerprint density at radius 3 is 2.38 bits per heavy atom. The third kappa shape index (κ3) is 4.74. The van der Waals surface area contributed by atoms with Crippen LogP contribution in [0.3, 0.4) is 0 Å². The van der Waals surface area contributed by atoms with Crippen LogP contribution in [0, 0.1) is 3.57 Å². The summed E-state index contributed by atoms with van der Waals surface area (Å²) in [7, 11) is 0. The van der Waals surface area contributed by atoms with Crippen LogP contribution in [0.2, 0.25) is 0 Å². The van der Waals surface area contributed by atoms with Gasteiger partial charge in [-0.15, -0.1) is 0 Å². The van der Waals surface area contributed by atoms with E-state index in [1.807, 2.05) is 48.5 Å². The maximum Gasteiger partial charge on any atom is 0.253 e. The number of anilines is 1. The van der Waals surface area contributed by atoms with Gasteiger partial charge < -0.3 is 10.6 Å². The van der Waals surface area contributed by atoms with Crippen molar-refractivity contribution >= 4 is 79.8 Å². The number of carbonyl (C=O) groups is 1. The molecule has 0 radical (unpaired) electrons. The van der Waals surface area contributed by atoms with Gasteiger partial charge in [-0.05, 0) is 52.2 Å². The van der Waals surface area contributed by atoms with Gasteiger partial charge in [-0.1, -0.05) is 77.3 Å². The Labute approximate surface area is 180 Å². The average Bonchev–Trinajstić information content (AvgIpc) is 2.60. The van der Waals surface area contributed by atoms with E-state index in [0.717, 1.165) is 20.0 Å². The first kappa shape index (κ1) is 19.5. The second kappa shape index (κ2) is 8.21. The Hall–Kier alpha value is -1.21. The number of alkyl halides is 3. The molecule has 134 valence electrons. The van der Waals surface area contributed by atoms with Gasteiger partial charge in [0.2, 0.25) is 3.79 Å². The zero-order valence-corrected chi connectivity index (χ0v) is 17.8. The fourth-order valence-corrected chi connectivity index (χ4v) is 3.42. The van der Waals surface area contributed by atoms with Crippen molar-refractivity contribution in [2.45, 2.75) is 9.96 Å². The van der Waals surface area contributed by atoms with Crippen molar-refractivity contribution in [2.75, 3.05) is 5.32 Å². The number of fused-ring (bicyclic) bond motifs is 1. The molecule has 2 N–H and O–H groups in total. The van der Waals surface area contributed by atoms with E-state index >= 15 is 0 Å². The molecule has 0 saturated heterocycles. The molecule has 0 unspecified atom stereocenters. The van der Waals surface area contributed by atoms with Gasteiger partial charge in [0.15, 0.2) is 0 Å². The van der Waals surface area contributed by atoms with Crippen molar-refractivity contribution < 1.29 is 4.79 Å². The number of amides is 1. The number of rotatable bonds is 4. The molecule has 0 aromatic heterocycles. The van der Waals surface area contributed by atoms with E-state index < -0.39 is 9.96 Å². The Morgan fingerprint density at radius 1 is 0.962 bits per heavy atom. The van der Waals surface area contributed by atoms with Crippen LogP contribution in [0.25, 0.3) is 10.8 Å². The number of carbonyl (C=O) groups excluding carboxylic acids is 1. The van der Waals surface area contributed by atoms with Gasteiger partial charge in [-0.25, -0.2) is 0 Å². The number of nitrogens with one attached hydrogen (secondary N) is 2. The van der Waals surface area contributed by atoms with Crippen molar-refractivity contribution in [3.05, 3.63) is 75.9 Å². The molecule has 0 heterocycles. The molecule has 0 aliphatic heterocycles. The predicted octanol–water partition coefficient (Wildman–Crippen LogP) is 5.98. The van der Waals surface area contributed by atoms with Gasteiger partial charge in [-0.2, -0.15) is 0 Å². The minimum atomic E-state index is -1.74. The molecule has 3 aromatic rings. The van der Waals surface area contributed by atoms with E-state index in [-0.39, 0.29) is 5.91 Å². The second-order valence-corrected chi connectivity index (χ2v) is 9.24. The quantitative estimate of drug-likeness (QED) is 0.253. The van der Waals surface area contributed by atoms with Gasteiger partial charge >= 0.3 is 0 Å². The van der Waals surface area contributed by atoms with Crippen LogP contribution in [0.1, 0.15) is 10.4 Å². The molecule has 3 rings (SSSR count). The summed E-state index contributed by atoms with van der Waals surface area (Å²) in [6.07, 6.45) is -0.913. The Morgan fingerprint density at radius 2 is 1.65 bits per heavy atom. The lowest BCUT2D eigenvalue weighted by Crippen LogP contribution is -2.49. The molecule has 1 atom stereocenters. The summed E-state index contributed by atoms with van der Waals surface area (Å²) in [5.41, 5.74) is 1.26. The highest BCUT2D eigenvalue weighted by atomic mass is 127. The van der Waals surface area contributed by atoms with Gasteiger partial charge in [-0.3, -0.25) is 4.79 Å². The molecular formula is C19H14Cl3IN2O. The van der Waals surface area contributed by atoms with Crippen molar-refractivity contribution in [1.82, 2.24) is 5.32 Å². The van der Waals surface area contributed by atoms with E-state index in [2.05, 4.69) is 33.2 Å². The number of hydrogen-bond acceptors (Lipinski definition) is 2. The maximum atomic E-state index is 12.6. The molecule has 0 saturated carbocycles. The first-order valence-electron chi connectivity index (χ1n) is 7.72. The molecule has 0 bridgehead atoms. The Bertz CT molecular complexity index is 938. The van der Waals surface area contributed by atoms with Crippen molar-refractivity contribution in [3.63, 3.8) is 0 Å². The highest BCUT2D eigenvalue weighted by Gasteiger charge is 2.34. The third-order valence-electron chi connectivity index (χ3n) is 3.78. The van der Waals surface area contributed by atoms with Crippen LogP contribution in [-0.4, -0.2) is 15.9 Å². The lowest BCUT2D eigenvalue weighted by Gasteiger charge is -2.28. The SMILES string of the molecule is O=C(N[C@@H](Nc1cccc2ccccc12)C(Cl)(Cl)Cl)c1cccc(I)c1. The molecule has 0 spiro atoms. The molecule has 1 amide bonds. The molecule has 3 aromatic carbocycles. The first-order chi connectivity index (χ1) is 12.3. The fourth-order valence-electron chi connectivity index (χ4n) is 2.55. The van der Waals surface area contributed by atoms with Gasteiger partial charge in [0.1, 0.15) is 6.17 Å². The monoisotopic (exact) mass is 518 g/mol. The van der Waals surface area contributed by atoms with Crippen LogP contribution in [0.15, 0.2) is 66.7 Å². The minimum Gasteiger partial charge on any atom is -0.361 e. The van der Waals surface area contributed by atoms with E-state index in [9.17, 15) is 4.79 Å². The van der Waals surface area contributed by atoms with Gasteiger partial charge in [0.05, 0.1) is 0 Å². The normalized spacial score (nSPS) is 12.6. The van der Waals surface area contributed by atoms with Gasteiger partial charge in [0, 0.05) is 20.2 Å². The van der Waals surface area contributed by atoms with Crippen molar-refractivity contribution in [2.24, 2.45) is 0 Å². The van der Waals surface area contributed by atoms with E-state index in [1.54, 1.807) is 18.2 Å². The maximum absolute atomic E-state index is 12.6. The molecule has 0 fully saturated rings. The zero-order chi connectivity index (χ0) is 18.7. The van der Waals surface area contributed by atoms with Crippen molar-refractivity contribution in [1.29, 1.82) is 0 Å². The first-order valence-corrected chi connectivity index (χ1v) is 9.93.